The maximum absolute atomic E-state index is 11.5. The molecule has 1 aliphatic rings. The van der Waals surface area contributed by atoms with Crippen molar-refractivity contribution in [2.75, 3.05) is 33.9 Å². The second-order valence-corrected chi connectivity index (χ2v) is 16.8. The van der Waals surface area contributed by atoms with Crippen molar-refractivity contribution >= 4 is 31.3 Å². The molecule has 1 atom stereocenters. The molecule has 1 aliphatic carbocycles. The lowest BCUT2D eigenvalue weighted by atomic mass is 10.0. The van der Waals surface area contributed by atoms with E-state index in [0.717, 1.165) is 55.8 Å². The highest BCUT2D eigenvalue weighted by atomic mass is 28.4. The summed E-state index contributed by atoms with van der Waals surface area (Å²) in [5.41, 5.74) is 6.22. The van der Waals surface area contributed by atoms with E-state index >= 15 is 0 Å². The summed E-state index contributed by atoms with van der Waals surface area (Å²) in [7, 11) is 1.29. The van der Waals surface area contributed by atoms with Crippen molar-refractivity contribution in [2.24, 2.45) is 0 Å². The summed E-state index contributed by atoms with van der Waals surface area (Å²) in [6.45, 7) is 14.1. The monoisotopic (exact) mass is 548 g/mol. The summed E-state index contributed by atoms with van der Waals surface area (Å²) in [6, 6.07) is 13.1. The van der Waals surface area contributed by atoms with Crippen molar-refractivity contribution in [3.05, 3.63) is 70.9 Å². The highest BCUT2D eigenvalue weighted by molar-refractivity contribution is 6.74. The molecule has 0 fully saturated rings. The van der Waals surface area contributed by atoms with Crippen molar-refractivity contribution in [2.45, 2.75) is 64.2 Å². The molecule has 1 aromatic heterocycles. The fraction of sp³-hybridized carbons (Fsp3) is 0.469. The number of esters is 1. The van der Waals surface area contributed by atoms with E-state index in [4.69, 9.17) is 13.9 Å². The minimum absolute atomic E-state index is 0.189. The number of aryl methyl sites for hydroxylation is 1. The quantitative estimate of drug-likeness (QED) is 0.160. The lowest BCUT2D eigenvalue weighted by Gasteiger charge is -2.37. The molecular formula is C32H44N2O4Si. The third kappa shape index (κ3) is 6.83. The number of hydrogen-bond acceptors (Lipinski definition) is 5. The zero-order valence-electron chi connectivity index (χ0n) is 24.6. The second kappa shape index (κ2) is 12.1. The number of carbonyl (C=O) groups is 1. The lowest BCUT2D eigenvalue weighted by molar-refractivity contribution is -0.134. The third-order valence-electron chi connectivity index (χ3n) is 8.56. The fourth-order valence-electron chi connectivity index (χ4n) is 5.14. The Hall–Kier alpha value is -2.87. The first-order valence-electron chi connectivity index (χ1n) is 13.9. The number of ether oxygens (including phenoxy) is 2. The van der Waals surface area contributed by atoms with E-state index in [-0.39, 0.29) is 11.0 Å². The molecule has 6 nitrogen and oxygen atoms in total. The van der Waals surface area contributed by atoms with Gasteiger partial charge >= 0.3 is 5.97 Å². The van der Waals surface area contributed by atoms with E-state index in [2.05, 4.69) is 80.3 Å². The average molecular weight is 549 g/mol. The lowest BCUT2D eigenvalue weighted by Crippen LogP contribution is -2.43. The Labute approximate surface area is 234 Å². The number of H-pyrrole nitrogens is 1. The number of aromatic nitrogens is 1. The Morgan fingerprint density at radius 3 is 2.64 bits per heavy atom. The van der Waals surface area contributed by atoms with E-state index < -0.39 is 8.32 Å². The smallest absolute Gasteiger partial charge is 0.330 e. The Balaban J connectivity index is 1.54. The van der Waals surface area contributed by atoms with Gasteiger partial charge in [0.1, 0.15) is 5.75 Å². The number of benzene rings is 2. The van der Waals surface area contributed by atoms with E-state index in [1.807, 2.05) is 12.1 Å². The number of fused-ring (bicyclic) bond motifs is 2. The van der Waals surface area contributed by atoms with Crippen molar-refractivity contribution in [3.8, 4) is 5.75 Å². The molecule has 3 aromatic rings. The molecule has 2 aromatic carbocycles. The Morgan fingerprint density at radius 2 is 1.92 bits per heavy atom. The van der Waals surface area contributed by atoms with E-state index in [1.165, 1.54) is 35.3 Å². The van der Waals surface area contributed by atoms with Gasteiger partial charge in [-0.05, 0) is 83.9 Å². The largest absolute Gasteiger partial charge is 0.497 e. The van der Waals surface area contributed by atoms with Gasteiger partial charge in [-0.1, -0.05) is 39.0 Å². The molecule has 0 bridgehead atoms. The van der Waals surface area contributed by atoms with Gasteiger partial charge in [0, 0.05) is 48.9 Å². The van der Waals surface area contributed by atoms with Crippen LogP contribution in [0, 0.1) is 0 Å². The summed E-state index contributed by atoms with van der Waals surface area (Å²) < 4.78 is 16.8. The van der Waals surface area contributed by atoms with Gasteiger partial charge in [0.25, 0.3) is 0 Å². The van der Waals surface area contributed by atoms with Gasteiger partial charge < -0.3 is 18.9 Å². The van der Waals surface area contributed by atoms with Crippen molar-refractivity contribution < 1.29 is 18.7 Å². The summed E-state index contributed by atoms with van der Waals surface area (Å²) in [5, 5.41) is 1.41. The second-order valence-electron chi connectivity index (χ2n) is 12.0. The van der Waals surface area contributed by atoms with E-state index in [9.17, 15) is 4.79 Å². The topological polar surface area (TPSA) is 63.8 Å². The molecule has 39 heavy (non-hydrogen) atoms. The fourth-order valence-corrected chi connectivity index (χ4v) is 6.18. The van der Waals surface area contributed by atoms with E-state index in [1.54, 1.807) is 7.11 Å². The summed E-state index contributed by atoms with van der Waals surface area (Å²) in [4.78, 5) is 17.6. The standard InChI is InChI=1S/C32H44N2O4Si/c1-32(2,3)39(6,7)38-19-18-34(17-16-25-22-33-29-13-11-26(36-4)21-28(25)29)30-14-10-24-20-23(8-12-27(24)30)9-15-31(35)37-5/h8-9,11-13,15,20-22,30,33H,10,14,16-19H2,1-7H3/b15-9+. The summed E-state index contributed by atoms with van der Waals surface area (Å²) in [6.07, 6.45) is 8.51. The summed E-state index contributed by atoms with van der Waals surface area (Å²) >= 11 is 0. The van der Waals surface area contributed by atoms with Crippen LogP contribution in [0.25, 0.3) is 17.0 Å². The minimum Gasteiger partial charge on any atom is -0.497 e. The highest BCUT2D eigenvalue weighted by Gasteiger charge is 2.37. The molecular weight excluding hydrogens is 504 g/mol. The van der Waals surface area contributed by atoms with Crippen LogP contribution < -0.4 is 4.74 Å². The van der Waals surface area contributed by atoms with Crippen molar-refractivity contribution in [1.82, 2.24) is 9.88 Å². The minimum atomic E-state index is -1.83. The van der Waals surface area contributed by atoms with Crippen LogP contribution in [-0.4, -0.2) is 58.1 Å². The number of aromatic amines is 1. The maximum Gasteiger partial charge on any atom is 0.330 e. The van der Waals surface area contributed by atoms with Crippen LogP contribution >= 0.6 is 0 Å². The zero-order valence-corrected chi connectivity index (χ0v) is 25.6. The molecule has 0 saturated carbocycles. The van der Waals surface area contributed by atoms with Gasteiger partial charge in [0.15, 0.2) is 8.32 Å². The molecule has 7 heteroatoms. The average Bonchev–Trinajstić information content (AvgIpc) is 3.51. The van der Waals surface area contributed by atoms with E-state index in [0.29, 0.717) is 6.04 Å². The number of carbonyl (C=O) groups excluding carboxylic acids is 1. The van der Waals surface area contributed by atoms with Crippen LogP contribution in [-0.2, 0) is 26.8 Å². The molecule has 0 amide bonds. The molecule has 4 rings (SSSR count). The van der Waals surface area contributed by atoms with Gasteiger partial charge in [-0.25, -0.2) is 4.79 Å². The van der Waals surface area contributed by atoms with Gasteiger partial charge in [0.05, 0.1) is 14.2 Å². The van der Waals surface area contributed by atoms with Gasteiger partial charge in [-0.15, -0.1) is 0 Å². The third-order valence-corrected chi connectivity index (χ3v) is 13.1. The van der Waals surface area contributed by atoms with Crippen molar-refractivity contribution in [1.29, 1.82) is 0 Å². The van der Waals surface area contributed by atoms with Crippen LogP contribution in [0.1, 0.15) is 55.5 Å². The predicted molar refractivity (Wildman–Crippen MR) is 162 cm³/mol. The van der Waals surface area contributed by atoms with Crippen LogP contribution in [0.5, 0.6) is 5.75 Å². The number of nitrogens with zero attached hydrogens (tertiary/aromatic N) is 1. The van der Waals surface area contributed by atoms with Crippen molar-refractivity contribution in [3.63, 3.8) is 0 Å². The number of rotatable bonds is 11. The molecule has 0 saturated heterocycles. The van der Waals surface area contributed by atoms with Gasteiger partial charge in [-0.2, -0.15) is 0 Å². The van der Waals surface area contributed by atoms with Crippen LogP contribution in [0.2, 0.25) is 18.1 Å². The van der Waals surface area contributed by atoms with Crippen LogP contribution in [0.3, 0.4) is 0 Å². The highest BCUT2D eigenvalue weighted by Crippen LogP contribution is 2.38. The maximum atomic E-state index is 11.5. The molecule has 1 heterocycles. The first-order chi connectivity index (χ1) is 18.5. The van der Waals surface area contributed by atoms with Crippen LogP contribution in [0.15, 0.2) is 48.7 Å². The Morgan fingerprint density at radius 1 is 1.13 bits per heavy atom. The molecule has 0 aliphatic heterocycles. The molecule has 0 spiro atoms. The number of methoxy groups -OCH3 is 2. The van der Waals surface area contributed by atoms with Gasteiger partial charge in [-0.3, -0.25) is 4.90 Å². The zero-order chi connectivity index (χ0) is 28.2. The first-order valence-corrected chi connectivity index (χ1v) is 16.8. The number of hydrogen-bond donors (Lipinski definition) is 1. The SMILES string of the molecule is COC(=O)/C=C/c1ccc2c(c1)CCC2N(CCO[Si](C)(C)C(C)(C)C)CCc1c[nH]c2ccc(OC)cc12. The molecule has 210 valence electrons. The van der Waals surface area contributed by atoms with Crippen LogP contribution in [0.4, 0.5) is 0 Å². The van der Waals surface area contributed by atoms with Gasteiger partial charge in [0.2, 0.25) is 0 Å². The first kappa shape index (κ1) is 29.1. The molecule has 0 radical (unpaired) electrons. The molecule has 1 N–H and O–H groups in total. The Bertz CT molecular complexity index is 1320. The number of nitrogens with one attached hydrogen (secondary N) is 1. The normalized spacial score (nSPS) is 15.8. The predicted octanol–water partition coefficient (Wildman–Crippen LogP) is 6.92. The Kier molecular flexibility index (Phi) is 9.04. The molecule has 1 unspecified atom stereocenters. The summed E-state index contributed by atoms with van der Waals surface area (Å²) in [5.74, 6) is 0.543.